The second-order valence-electron chi connectivity index (χ2n) is 8.96. The molecule has 0 saturated heterocycles. The van der Waals surface area contributed by atoms with Gasteiger partial charge in [0.05, 0.1) is 17.8 Å². The highest BCUT2D eigenvalue weighted by atomic mass is 16.5. The lowest BCUT2D eigenvalue weighted by Gasteiger charge is -2.14. The zero-order valence-corrected chi connectivity index (χ0v) is 20.2. The number of hydrogen-bond donors (Lipinski definition) is 1. The van der Waals surface area contributed by atoms with Crippen LogP contribution in [0.1, 0.15) is 42.3 Å². The topological polar surface area (TPSA) is 81.8 Å². The minimum Gasteiger partial charge on any atom is -0.488 e. The highest BCUT2D eigenvalue weighted by Gasteiger charge is 2.16. The lowest BCUT2D eigenvalue weighted by Crippen LogP contribution is -2.08. The van der Waals surface area contributed by atoms with Gasteiger partial charge in [0.25, 0.3) is 0 Å². The predicted octanol–water partition coefficient (Wildman–Crippen LogP) is 6.11. The van der Waals surface area contributed by atoms with E-state index < -0.39 is 0 Å². The molecular weight excluding hydrogens is 454 g/mol. The molecule has 0 aliphatic carbocycles. The highest BCUT2D eigenvalue weighted by Crippen LogP contribution is 2.32. The fourth-order valence-electron chi connectivity index (χ4n) is 4.08. The average Bonchev–Trinajstić information content (AvgIpc) is 2.90. The molecule has 0 amide bonds. The number of nitrogens with zero attached hydrogens (tertiary/aromatic N) is 1. The molecule has 2 heterocycles. The van der Waals surface area contributed by atoms with E-state index in [2.05, 4.69) is 4.98 Å². The Morgan fingerprint density at radius 3 is 2.47 bits per heavy atom. The van der Waals surface area contributed by atoms with Crippen LogP contribution in [0.25, 0.3) is 21.9 Å². The van der Waals surface area contributed by atoms with Gasteiger partial charge in [-0.05, 0) is 23.3 Å². The van der Waals surface area contributed by atoms with Crippen LogP contribution < -0.4 is 14.9 Å². The van der Waals surface area contributed by atoms with Crippen LogP contribution in [0.15, 0.2) is 88.1 Å². The van der Waals surface area contributed by atoms with Gasteiger partial charge in [-0.15, -0.1) is 0 Å². The van der Waals surface area contributed by atoms with Gasteiger partial charge in [0.1, 0.15) is 41.4 Å². The monoisotopic (exact) mass is 481 g/mol. The molecule has 36 heavy (non-hydrogen) atoms. The Bertz CT molecular complexity index is 1590. The summed E-state index contributed by atoms with van der Waals surface area (Å²) in [6.07, 6.45) is 0. The molecule has 3 aromatic carbocycles. The van der Waals surface area contributed by atoms with Gasteiger partial charge in [-0.3, -0.25) is 4.79 Å². The molecule has 0 unspecified atom stereocenters. The van der Waals surface area contributed by atoms with Crippen LogP contribution in [0.5, 0.6) is 11.5 Å². The highest BCUT2D eigenvalue weighted by molar-refractivity contribution is 5.85. The second-order valence-corrected chi connectivity index (χ2v) is 8.96. The van der Waals surface area contributed by atoms with Gasteiger partial charge in [0.15, 0.2) is 5.43 Å². The summed E-state index contributed by atoms with van der Waals surface area (Å²) in [5.41, 5.74) is 3.52. The number of rotatable bonds is 8. The van der Waals surface area contributed by atoms with E-state index in [0.29, 0.717) is 28.2 Å². The van der Waals surface area contributed by atoms with Gasteiger partial charge < -0.3 is 19.0 Å². The summed E-state index contributed by atoms with van der Waals surface area (Å²) in [4.78, 5) is 17.7. The largest absolute Gasteiger partial charge is 0.488 e. The lowest BCUT2D eigenvalue weighted by atomic mass is 10.1. The molecule has 0 radical (unpaired) electrons. The van der Waals surface area contributed by atoms with Crippen LogP contribution in [0, 0.1) is 0 Å². The molecule has 182 valence electrons. The fraction of sp³-hybridized carbons (Fsp3) is 0.200. The SMILES string of the molecule is CC(C)c1cc(=O)c2c(OCc3ccccc3CO)cc(OCc3ccc4ccccc4n3)cc2o1. The third-order valence-electron chi connectivity index (χ3n) is 6.07. The van der Waals surface area contributed by atoms with Gasteiger partial charge in [-0.25, -0.2) is 4.98 Å². The Morgan fingerprint density at radius 2 is 1.67 bits per heavy atom. The number of para-hydroxylation sites is 1. The molecule has 0 fully saturated rings. The van der Waals surface area contributed by atoms with Crippen molar-refractivity contribution in [3.05, 3.63) is 112 Å². The first-order valence-electron chi connectivity index (χ1n) is 11.9. The van der Waals surface area contributed by atoms with Crippen molar-refractivity contribution in [2.45, 2.75) is 39.6 Å². The van der Waals surface area contributed by atoms with Crippen LogP contribution in [-0.4, -0.2) is 10.1 Å². The summed E-state index contributed by atoms with van der Waals surface area (Å²) >= 11 is 0. The van der Waals surface area contributed by atoms with E-state index in [1.54, 1.807) is 12.1 Å². The number of pyridine rings is 1. The molecule has 1 N–H and O–H groups in total. The number of fused-ring (bicyclic) bond motifs is 2. The molecule has 6 heteroatoms. The fourth-order valence-corrected chi connectivity index (χ4v) is 4.08. The van der Waals surface area contributed by atoms with Gasteiger partial charge in [-0.1, -0.05) is 62.4 Å². The summed E-state index contributed by atoms with van der Waals surface area (Å²) in [6.45, 7) is 4.28. The Balaban J connectivity index is 1.49. The van der Waals surface area contributed by atoms with Crippen LogP contribution >= 0.6 is 0 Å². The second kappa shape index (κ2) is 10.2. The Kier molecular flexibility index (Phi) is 6.69. The third-order valence-corrected chi connectivity index (χ3v) is 6.07. The zero-order valence-electron chi connectivity index (χ0n) is 20.2. The van der Waals surface area contributed by atoms with Crippen LogP contribution in [0.2, 0.25) is 0 Å². The predicted molar refractivity (Wildman–Crippen MR) is 139 cm³/mol. The normalized spacial score (nSPS) is 11.3. The summed E-state index contributed by atoms with van der Waals surface area (Å²) in [7, 11) is 0. The Labute approximate surface area is 208 Å². The molecule has 2 aromatic heterocycles. The smallest absolute Gasteiger partial charge is 0.196 e. The number of ether oxygens (including phenoxy) is 2. The first-order chi connectivity index (χ1) is 17.5. The van der Waals surface area contributed by atoms with E-state index in [-0.39, 0.29) is 31.2 Å². The van der Waals surface area contributed by atoms with E-state index >= 15 is 0 Å². The lowest BCUT2D eigenvalue weighted by molar-refractivity contribution is 0.268. The maximum Gasteiger partial charge on any atom is 0.196 e. The molecule has 0 spiro atoms. The summed E-state index contributed by atoms with van der Waals surface area (Å²) in [6, 6.07) is 24.3. The minimum absolute atomic E-state index is 0.0503. The van der Waals surface area contributed by atoms with Gasteiger partial charge in [0.2, 0.25) is 0 Å². The van der Waals surface area contributed by atoms with Crippen molar-refractivity contribution in [1.29, 1.82) is 0 Å². The molecular formula is C30H27NO5. The van der Waals surface area contributed by atoms with E-state index in [4.69, 9.17) is 13.9 Å². The molecule has 0 aliphatic heterocycles. The molecule has 0 bridgehead atoms. The first kappa shape index (κ1) is 23.6. The number of aromatic nitrogens is 1. The van der Waals surface area contributed by atoms with E-state index in [1.807, 2.05) is 74.5 Å². The van der Waals surface area contributed by atoms with Crippen LogP contribution in [0.3, 0.4) is 0 Å². The van der Waals surface area contributed by atoms with Crippen LogP contribution in [-0.2, 0) is 19.8 Å². The molecule has 0 saturated carbocycles. The molecule has 0 aliphatic rings. The quantitative estimate of drug-likeness (QED) is 0.288. The van der Waals surface area contributed by atoms with E-state index in [1.165, 1.54) is 6.07 Å². The third kappa shape index (κ3) is 4.95. The van der Waals surface area contributed by atoms with Crippen molar-refractivity contribution in [3.63, 3.8) is 0 Å². The standard InChI is InChI=1S/C30H27NO5/c1-19(2)27-15-26(33)30-28(35-17-22-9-4-3-8-21(22)16-32)13-24(14-29(30)36-27)34-18-23-12-11-20-7-5-6-10-25(20)31-23/h3-15,19,32H,16-18H2,1-2H3. The summed E-state index contributed by atoms with van der Waals surface area (Å²) in [5, 5.41) is 11.1. The molecule has 6 nitrogen and oxygen atoms in total. The van der Waals surface area contributed by atoms with Crippen molar-refractivity contribution in [3.8, 4) is 11.5 Å². The van der Waals surface area contributed by atoms with Crippen molar-refractivity contribution in [1.82, 2.24) is 4.98 Å². The number of aliphatic hydroxyl groups is 1. The van der Waals surface area contributed by atoms with Gasteiger partial charge >= 0.3 is 0 Å². The zero-order chi connectivity index (χ0) is 25.1. The van der Waals surface area contributed by atoms with Crippen molar-refractivity contribution >= 4 is 21.9 Å². The summed E-state index contributed by atoms with van der Waals surface area (Å²) in [5.74, 6) is 1.52. The van der Waals surface area contributed by atoms with E-state index in [0.717, 1.165) is 27.7 Å². The first-order valence-corrected chi connectivity index (χ1v) is 11.9. The van der Waals surface area contributed by atoms with E-state index in [9.17, 15) is 9.90 Å². The van der Waals surface area contributed by atoms with Crippen molar-refractivity contribution < 1.29 is 19.0 Å². The average molecular weight is 482 g/mol. The maximum atomic E-state index is 13.0. The van der Waals surface area contributed by atoms with Crippen LogP contribution in [0.4, 0.5) is 0 Å². The Morgan fingerprint density at radius 1 is 0.889 bits per heavy atom. The number of benzene rings is 3. The number of hydrogen-bond acceptors (Lipinski definition) is 6. The summed E-state index contributed by atoms with van der Waals surface area (Å²) < 4.78 is 18.3. The van der Waals surface area contributed by atoms with Gasteiger partial charge in [-0.2, -0.15) is 0 Å². The van der Waals surface area contributed by atoms with Crippen molar-refractivity contribution in [2.75, 3.05) is 0 Å². The Hall–Kier alpha value is -4.16. The van der Waals surface area contributed by atoms with Crippen molar-refractivity contribution in [2.24, 2.45) is 0 Å². The number of aliphatic hydroxyl groups excluding tert-OH is 1. The molecule has 5 aromatic rings. The maximum absolute atomic E-state index is 13.0. The minimum atomic E-state index is -0.173. The van der Waals surface area contributed by atoms with Gasteiger partial charge in [0, 0.05) is 29.5 Å². The molecule has 0 atom stereocenters. The molecule has 5 rings (SSSR count).